The van der Waals surface area contributed by atoms with Crippen molar-refractivity contribution in [2.45, 2.75) is 39.3 Å². The Balaban J connectivity index is 2.49. The topological polar surface area (TPSA) is 139 Å². The number of halogens is 1. The number of benzene rings is 2. The van der Waals surface area contributed by atoms with Crippen LogP contribution in [0.25, 0.3) is 0 Å². The summed E-state index contributed by atoms with van der Waals surface area (Å²) in [6.45, 7) is 2.67. The monoisotopic (exact) mass is 538 g/mol. The molecule has 0 saturated carbocycles. The molecule has 2 aromatic carbocycles. The highest BCUT2D eigenvalue weighted by Crippen LogP contribution is 2.34. The molecule has 0 fully saturated rings. The van der Waals surface area contributed by atoms with Gasteiger partial charge in [-0.1, -0.05) is 31.5 Å². The number of nitrogens with zero attached hydrogens (tertiary/aromatic N) is 3. The molecule has 0 radical (unpaired) electrons. The summed E-state index contributed by atoms with van der Waals surface area (Å²) in [5, 5.41) is 14.0. The predicted octanol–water partition coefficient (Wildman–Crippen LogP) is 2.84. The first-order valence-corrected chi connectivity index (χ1v) is 13.4. The van der Waals surface area contributed by atoms with Gasteiger partial charge in [0.05, 0.1) is 18.3 Å². The fourth-order valence-electron chi connectivity index (χ4n) is 3.51. The first-order valence-electron chi connectivity index (χ1n) is 11.5. The van der Waals surface area contributed by atoms with E-state index in [4.69, 9.17) is 4.74 Å². The number of hydrogen-bond acceptors (Lipinski definition) is 7. The van der Waals surface area contributed by atoms with Crippen molar-refractivity contribution in [3.8, 4) is 5.75 Å². The van der Waals surface area contributed by atoms with Crippen molar-refractivity contribution >= 4 is 33.2 Å². The van der Waals surface area contributed by atoms with Crippen LogP contribution in [0.2, 0.25) is 0 Å². The Bertz CT molecular complexity index is 1240. The van der Waals surface area contributed by atoms with E-state index in [1.165, 1.54) is 38.3 Å². The lowest BCUT2D eigenvalue weighted by molar-refractivity contribution is -0.384. The number of nitro benzene ring substituents is 1. The van der Waals surface area contributed by atoms with Gasteiger partial charge in [0.2, 0.25) is 21.8 Å². The van der Waals surface area contributed by atoms with Gasteiger partial charge in [0.15, 0.2) is 0 Å². The molecule has 37 heavy (non-hydrogen) atoms. The number of sulfonamides is 1. The Morgan fingerprint density at radius 2 is 1.89 bits per heavy atom. The summed E-state index contributed by atoms with van der Waals surface area (Å²) in [6.07, 6.45) is 2.38. The molecule has 1 atom stereocenters. The standard InChI is InChI=1S/C24H31FN4O7S/c1-5-6-13-26-24(31)17(2)27(15-18-9-7-8-10-20(18)25)23(30)16-28(37(4,34)35)21-14-19(29(32)33)11-12-22(21)36-3/h7-12,14,17H,5-6,13,15-16H2,1-4H3,(H,26,31)/t17-/m1/s1. The van der Waals surface area contributed by atoms with E-state index >= 15 is 0 Å². The Hall–Kier alpha value is -3.74. The molecule has 0 aliphatic carbocycles. The molecule has 0 heterocycles. The lowest BCUT2D eigenvalue weighted by Gasteiger charge is -2.31. The van der Waals surface area contributed by atoms with Crippen LogP contribution in [0.15, 0.2) is 42.5 Å². The van der Waals surface area contributed by atoms with Crippen LogP contribution in [0.3, 0.4) is 0 Å². The predicted molar refractivity (Wildman–Crippen MR) is 136 cm³/mol. The van der Waals surface area contributed by atoms with Gasteiger partial charge in [-0.3, -0.25) is 24.0 Å². The summed E-state index contributed by atoms with van der Waals surface area (Å²) in [7, 11) is -2.91. The van der Waals surface area contributed by atoms with Gasteiger partial charge in [-0.25, -0.2) is 12.8 Å². The number of amides is 2. The number of hydrogen-bond donors (Lipinski definition) is 1. The number of unbranched alkanes of at least 4 members (excludes halogenated alkanes) is 1. The van der Waals surface area contributed by atoms with E-state index in [9.17, 15) is 32.5 Å². The smallest absolute Gasteiger partial charge is 0.271 e. The van der Waals surface area contributed by atoms with Crippen LogP contribution in [0.5, 0.6) is 5.75 Å². The minimum absolute atomic E-state index is 0.0187. The quantitative estimate of drug-likeness (QED) is 0.235. The summed E-state index contributed by atoms with van der Waals surface area (Å²) in [5.74, 6) is -1.92. The third-order valence-corrected chi connectivity index (χ3v) is 6.74. The van der Waals surface area contributed by atoms with Crippen LogP contribution >= 0.6 is 0 Å². The molecule has 2 aromatic rings. The molecule has 0 unspecified atom stereocenters. The maximum absolute atomic E-state index is 14.4. The SMILES string of the molecule is CCCCNC(=O)[C@@H](C)N(Cc1ccccc1F)C(=O)CN(c1cc([N+](=O)[O-])ccc1OC)S(C)(=O)=O. The molecule has 0 spiro atoms. The van der Waals surface area contributed by atoms with E-state index in [1.807, 2.05) is 6.92 Å². The van der Waals surface area contributed by atoms with Gasteiger partial charge in [0.1, 0.15) is 29.8 Å². The number of methoxy groups -OCH3 is 1. The summed E-state index contributed by atoms with van der Waals surface area (Å²) < 4.78 is 45.7. The second kappa shape index (κ2) is 13.0. The fourth-order valence-corrected chi connectivity index (χ4v) is 4.36. The molecule has 1 N–H and O–H groups in total. The van der Waals surface area contributed by atoms with Crippen LogP contribution in [-0.2, 0) is 26.2 Å². The summed E-state index contributed by atoms with van der Waals surface area (Å²) >= 11 is 0. The number of carbonyl (C=O) groups excluding carboxylic acids is 2. The average Bonchev–Trinajstić information content (AvgIpc) is 2.85. The Kier molecular flexibility index (Phi) is 10.4. The van der Waals surface area contributed by atoms with Crippen LogP contribution < -0.4 is 14.4 Å². The summed E-state index contributed by atoms with van der Waals surface area (Å²) in [4.78, 5) is 38.0. The molecule has 11 nitrogen and oxygen atoms in total. The molecule has 0 aliphatic heterocycles. The van der Waals surface area contributed by atoms with Crippen molar-refractivity contribution in [2.24, 2.45) is 0 Å². The lowest BCUT2D eigenvalue weighted by atomic mass is 10.1. The van der Waals surface area contributed by atoms with Crippen molar-refractivity contribution in [2.75, 3.05) is 30.8 Å². The van der Waals surface area contributed by atoms with E-state index in [1.54, 1.807) is 6.07 Å². The summed E-state index contributed by atoms with van der Waals surface area (Å²) in [6, 6.07) is 7.98. The zero-order valence-corrected chi connectivity index (χ0v) is 22.0. The number of rotatable bonds is 13. The average molecular weight is 539 g/mol. The van der Waals surface area contributed by atoms with Crippen LogP contribution in [0.1, 0.15) is 32.3 Å². The molecular weight excluding hydrogens is 507 g/mol. The third kappa shape index (κ3) is 7.87. The van der Waals surface area contributed by atoms with Gasteiger partial charge < -0.3 is 15.0 Å². The highest BCUT2D eigenvalue weighted by Gasteiger charge is 2.32. The van der Waals surface area contributed by atoms with Crippen LogP contribution in [0, 0.1) is 15.9 Å². The second-order valence-electron chi connectivity index (χ2n) is 8.32. The maximum Gasteiger partial charge on any atom is 0.271 e. The maximum atomic E-state index is 14.4. The van der Waals surface area contributed by atoms with Gasteiger partial charge in [-0.05, 0) is 25.5 Å². The number of anilines is 1. The molecule has 0 aromatic heterocycles. The highest BCUT2D eigenvalue weighted by molar-refractivity contribution is 7.92. The first kappa shape index (κ1) is 29.5. The van der Waals surface area contributed by atoms with E-state index < -0.39 is 50.9 Å². The van der Waals surface area contributed by atoms with Gasteiger partial charge in [-0.15, -0.1) is 0 Å². The first-order chi connectivity index (χ1) is 17.4. The number of carbonyl (C=O) groups is 2. The molecule has 0 bridgehead atoms. The van der Waals surface area contributed by atoms with Gasteiger partial charge >= 0.3 is 0 Å². The minimum atomic E-state index is -4.16. The third-order valence-electron chi connectivity index (χ3n) is 5.62. The molecule has 202 valence electrons. The molecule has 13 heteroatoms. The molecule has 2 rings (SSSR count). The van der Waals surface area contributed by atoms with Crippen molar-refractivity contribution < 1.29 is 32.1 Å². The zero-order chi connectivity index (χ0) is 27.8. The molecular formula is C24H31FN4O7S. The van der Waals surface area contributed by atoms with Crippen molar-refractivity contribution in [1.82, 2.24) is 10.2 Å². The largest absolute Gasteiger partial charge is 0.495 e. The highest BCUT2D eigenvalue weighted by atomic mass is 32.2. The van der Waals surface area contributed by atoms with E-state index in [0.717, 1.165) is 29.7 Å². The fraction of sp³-hybridized carbons (Fsp3) is 0.417. The molecule has 2 amide bonds. The number of ether oxygens (including phenoxy) is 1. The van der Waals surface area contributed by atoms with E-state index in [-0.39, 0.29) is 23.5 Å². The van der Waals surface area contributed by atoms with Crippen molar-refractivity contribution in [1.29, 1.82) is 0 Å². The van der Waals surface area contributed by atoms with Crippen molar-refractivity contribution in [3.63, 3.8) is 0 Å². The summed E-state index contributed by atoms with van der Waals surface area (Å²) in [5.41, 5.74) is -0.509. The number of nitro groups is 1. The van der Waals surface area contributed by atoms with Gasteiger partial charge in [0.25, 0.3) is 5.69 Å². The Labute approximate surface area is 215 Å². The van der Waals surface area contributed by atoms with E-state index in [0.29, 0.717) is 17.3 Å². The Morgan fingerprint density at radius 1 is 1.22 bits per heavy atom. The number of nitrogens with one attached hydrogen (secondary N) is 1. The van der Waals surface area contributed by atoms with Crippen LogP contribution in [0.4, 0.5) is 15.8 Å². The zero-order valence-electron chi connectivity index (χ0n) is 21.1. The second-order valence-corrected chi connectivity index (χ2v) is 10.2. The molecule has 0 aliphatic rings. The van der Waals surface area contributed by atoms with E-state index in [2.05, 4.69) is 5.32 Å². The van der Waals surface area contributed by atoms with Gasteiger partial charge in [0, 0.05) is 30.8 Å². The lowest BCUT2D eigenvalue weighted by Crippen LogP contribution is -2.51. The van der Waals surface area contributed by atoms with Gasteiger partial charge in [-0.2, -0.15) is 0 Å². The normalized spacial score (nSPS) is 11.9. The molecule has 0 saturated heterocycles. The van der Waals surface area contributed by atoms with Crippen LogP contribution in [-0.4, -0.2) is 62.6 Å². The number of non-ortho nitro benzene ring substituents is 1. The van der Waals surface area contributed by atoms with Crippen molar-refractivity contribution in [3.05, 3.63) is 64.0 Å². The minimum Gasteiger partial charge on any atom is -0.495 e. The Morgan fingerprint density at radius 3 is 2.46 bits per heavy atom.